The van der Waals surface area contributed by atoms with Crippen molar-refractivity contribution in [2.45, 2.75) is 76.0 Å². The number of aryl methyl sites for hydroxylation is 1. The van der Waals surface area contributed by atoms with E-state index >= 15 is 0 Å². The molecule has 1 saturated carbocycles. The quantitative estimate of drug-likeness (QED) is 0.185. The van der Waals surface area contributed by atoms with Gasteiger partial charge < -0.3 is 19.3 Å². The number of nitrogens with one attached hydrogen (secondary N) is 1. The number of aliphatic hydroxyl groups is 1. The lowest BCUT2D eigenvalue weighted by Gasteiger charge is -2.49. The van der Waals surface area contributed by atoms with Crippen molar-refractivity contribution in [3.8, 4) is 0 Å². The number of allylic oxidation sites excluding steroid dienone is 1. The Morgan fingerprint density at radius 3 is 2.67 bits per heavy atom. The molecule has 2 amide bonds. The number of hydrogen-bond donors (Lipinski definition) is 2. The standard InChI is InChI=1S/C27H38ClNO6S/c1-18(2)10-11-21-26(3,35-21)24-23(33-4)20(34-25(31)29-22(30)16-28)12-14-27(24,32)17-36-15-13-19-8-6-5-7-9-19/h5-10,20-21,23-24,32H,11-17H2,1-4H3,(H,29,30,31). The van der Waals surface area contributed by atoms with E-state index < -0.39 is 41.3 Å². The summed E-state index contributed by atoms with van der Waals surface area (Å²) < 4.78 is 17.7. The van der Waals surface area contributed by atoms with Crippen LogP contribution in [-0.2, 0) is 25.4 Å². The normalized spacial score (nSPS) is 31.4. The van der Waals surface area contributed by atoms with Gasteiger partial charge in [-0.1, -0.05) is 42.0 Å². The number of imide groups is 1. The molecule has 0 radical (unpaired) electrons. The Morgan fingerprint density at radius 1 is 1.31 bits per heavy atom. The van der Waals surface area contributed by atoms with Gasteiger partial charge in [0.2, 0.25) is 5.91 Å². The first-order valence-corrected chi connectivity index (χ1v) is 14.1. The molecule has 1 heterocycles. The number of epoxide rings is 1. The number of alkyl halides is 1. The maximum absolute atomic E-state index is 12.3. The predicted octanol–water partition coefficient (Wildman–Crippen LogP) is 4.49. The minimum absolute atomic E-state index is 0.0682. The van der Waals surface area contributed by atoms with Crippen LogP contribution in [0.5, 0.6) is 0 Å². The molecular formula is C27H38ClNO6S. The molecule has 2 aliphatic rings. The number of hydrogen-bond acceptors (Lipinski definition) is 7. The topological polar surface area (TPSA) is 97.4 Å². The van der Waals surface area contributed by atoms with Crippen molar-refractivity contribution >= 4 is 35.4 Å². The zero-order chi connectivity index (χ0) is 26.3. The Morgan fingerprint density at radius 2 is 2.03 bits per heavy atom. The fraction of sp³-hybridized carbons (Fsp3) is 0.630. The van der Waals surface area contributed by atoms with Crippen molar-refractivity contribution in [3.63, 3.8) is 0 Å². The molecule has 0 spiro atoms. The van der Waals surface area contributed by atoms with E-state index in [2.05, 4.69) is 23.5 Å². The van der Waals surface area contributed by atoms with Crippen LogP contribution in [0, 0.1) is 5.92 Å². The molecule has 1 aliphatic carbocycles. The molecule has 1 aromatic carbocycles. The van der Waals surface area contributed by atoms with Crippen molar-refractivity contribution in [1.82, 2.24) is 5.32 Å². The van der Waals surface area contributed by atoms with E-state index in [1.54, 1.807) is 18.9 Å². The molecule has 1 aromatic rings. The van der Waals surface area contributed by atoms with Crippen LogP contribution in [-0.4, -0.2) is 71.1 Å². The highest BCUT2D eigenvalue weighted by Gasteiger charge is 2.67. The average molecular weight is 540 g/mol. The van der Waals surface area contributed by atoms with E-state index in [0.29, 0.717) is 18.6 Å². The lowest BCUT2D eigenvalue weighted by molar-refractivity contribution is -0.170. The molecule has 9 heteroatoms. The average Bonchev–Trinajstić information content (AvgIpc) is 3.52. The second kappa shape index (κ2) is 12.8. The summed E-state index contributed by atoms with van der Waals surface area (Å²) in [4.78, 5) is 23.8. The van der Waals surface area contributed by atoms with Crippen molar-refractivity contribution in [2.75, 3.05) is 24.5 Å². The summed E-state index contributed by atoms with van der Waals surface area (Å²) in [6.07, 6.45) is 2.44. The van der Waals surface area contributed by atoms with Crippen molar-refractivity contribution in [3.05, 3.63) is 47.5 Å². The SMILES string of the molecule is COC1C(OC(=O)NC(=O)CCl)CCC(O)(CSCCc2ccccc2)C1C1(C)OC1CC=C(C)C. The third kappa shape index (κ3) is 7.25. The number of methoxy groups -OCH3 is 1. The number of halogens is 1. The fourth-order valence-electron chi connectivity index (χ4n) is 5.24. The number of ether oxygens (including phenoxy) is 3. The molecule has 6 atom stereocenters. The van der Waals surface area contributed by atoms with E-state index in [9.17, 15) is 14.7 Å². The highest BCUT2D eigenvalue weighted by atomic mass is 35.5. The lowest BCUT2D eigenvalue weighted by atomic mass is 9.66. The van der Waals surface area contributed by atoms with Crippen LogP contribution in [0.3, 0.4) is 0 Å². The molecule has 36 heavy (non-hydrogen) atoms. The Balaban J connectivity index is 1.75. The van der Waals surface area contributed by atoms with Gasteiger partial charge in [0.05, 0.1) is 11.7 Å². The highest BCUT2D eigenvalue weighted by Crippen LogP contribution is 2.55. The Labute approximate surface area is 223 Å². The number of carbonyl (C=O) groups is 2. The molecule has 2 N–H and O–H groups in total. The molecule has 1 aliphatic heterocycles. The fourth-order valence-corrected chi connectivity index (χ4v) is 6.51. The van der Waals surface area contributed by atoms with E-state index in [-0.39, 0.29) is 12.0 Å². The van der Waals surface area contributed by atoms with Crippen LogP contribution in [0.15, 0.2) is 42.0 Å². The number of alkyl carbamates (subject to hydrolysis) is 1. The summed E-state index contributed by atoms with van der Waals surface area (Å²) in [7, 11) is 1.56. The van der Waals surface area contributed by atoms with E-state index in [1.165, 1.54) is 11.1 Å². The lowest BCUT2D eigenvalue weighted by Crippen LogP contribution is -2.61. The molecule has 2 fully saturated rings. The first-order valence-electron chi connectivity index (χ1n) is 12.4. The molecule has 6 unspecified atom stereocenters. The molecule has 1 saturated heterocycles. The number of amides is 2. The monoisotopic (exact) mass is 539 g/mol. The molecule has 0 bridgehead atoms. The van der Waals surface area contributed by atoms with Gasteiger partial charge in [0.25, 0.3) is 0 Å². The van der Waals surface area contributed by atoms with Gasteiger partial charge in [0.1, 0.15) is 23.7 Å². The zero-order valence-corrected chi connectivity index (χ0v) is 23.1. The van der Waals surface area contributed by atoms with Gasteiger partial charge >= 0.3 is 6.09 Å². The molecule has 200 valence electrons. The van der Waals surface area contributed by atoms with Crippen LogP contribution < -0.4 is 5.32 Å². The van der Waals surface area contributed by atoms with Crippen molar-refractivity contribution in [2.24, 2.45) is 5.92 Å². The van der Waals surface area contributed by atoms with Gasteiger partial charge in [0, 0.05) is 18.8 Å². The number of thioether (sulfide) groups is 1. The number of carbonyl (C=O) groups excluding carboxylic acids is 2. The molecule has 3 rings (SSSR count). The van der Waals surface area contributed by atoms with Gasteiger partial charge in [-0.3, -0.25) is 10.1 Å². The second-order valence-corrected chi connectivity index (χ2v) is 11.4. The molecule has 7 nitrogen and oxygen atoms in total. The third-order valence-corrected chi connectivity index (χ3v) is 8.53. The Kier molecular flexibility index (Phi) is 10.3. The summed E-state index contributed by atoms with van der Waals surface area (Å²) in [5.74, 6) is -0.00654. The smallest absolute Gasteiger partial charge is 0.414 e. The second-order valence-electron chi connectivity index (χ2n) is 10.0. The third-order valence-electron chi connectivity index (χ3n) is 7.09. The summed E-state index contributed by atoms with van der Waals surface area (Å²) in [5.41, 5.74) is 0.760. The first kappa shape index (κ1) is 29.0. The van der Waals surface area contributed by atoms with E-state index in [0.717, 1.165) is 18.6 Å². The first-order chi connectivity index (χ1) is 17.1. The van der Waals surface area contributed by atoms with Crippen LogP contribution >= 0.6 is 23.4 Å². The van der Waals surface area contributed by atoms with Crippen molar-refractivity contribution in [1.29, 1.82) is 0 Å². The number of rotatable bonds is 11. The van der Waals surface area contributed by atoms with Crippen LogP contribution in [0.25, 0.3) is 0 Å². The highest BCUT2D eigenvalue weighted by molar-refractivity contribution is 7.99. The molecular weight excluding hydrogens is 502 g/mol. The summed E-state index contributed by atoms with van der Waals surface area (Å²) >= 11 is 7.20. The van der Waals surface area contributed by atoms with Gasteiger partial charge in [-0.15, -0.1) is 11.6 Å². The van der Waals surface area contributed by atoms with Crippen LogP contribution in [0.2, 0.25) is 0 Å². The van der Waals surface area contributed by atoms with Gasteiger partial charge in [-0.05, 0) is 57.8 Å². The summed E-state index contributed by atoms with van der Waals surface area (Å²) in [5, 5.41) is 14.1. The van der Waals surface area contributed by atoms with Crippen molar-refractivity contribution < 1.29 is 28.9 Å². The Bertz CT molecular complexity index is 926. The van der Waals surface area contributed by atoms with Gasteiger partial charge in [-0.2, -0.15) is 11.8 Å². The number of benzene rings is 1. The zero-order valence-electron chi connectivity index (χ0n) is 21.5. The Hall–Kier alpha value is -1.58. The maximum Gasteiger partial charge on any atom is 0.414 e. The summed E-state index contributed by atoms with van der Waals surface area (Å²) in [6, 6.07) is 10.3. The summed E-state index contributed by atoms with van der Waals surface area (Å²) in [6.45, 7) is 6.09. The largest absolute Gasteiger partial charge is 0.443 e. The minimum Gasteiger partial charge on any atom is -0.443 e. The van der Waals surface area contributed by atoms with Crippen LogP contribution in [0.1, 0.15) is 45.6 Å². The minimum atomic E-state index is -1.07. The van der Waals surface area contributed by atoms with Crippen LogP contribution in [0.4, 0.5) is 4.79 Å². The van der Waals surface area contributed by atoms with E-state index in [4.69, 9.17) is 25.8 Å². The van der Waals surface area contributed by atoms with Gasteiger partial charge in [0.15, 0.2) is 0 Å². The predicted molar refractivity (Wildman–Crippen MR) is 142 cm³/mol. The maximum atomic E-state index is 12.3. The van der Waals surface area contributed by atoms with Gasteiger partial charge in [-0.25, -0.2) is 4.79 Å². The van der Waals surface area contributed by atoms with E-state index in [1.807, 2.05) is 39.0 Å². The molecule has 0 aromatic heterocycles.